The summed E-state index contributed by atoms with van der Waals surface area (Å²) < 4.78 is 2.79. The van der Waals surface area contributed by atoms with E-state index in [2.05, 4.69) is 21.0 Å². The van der Waals surface area contributed by atoms with Crippen molar-refractivity contribution in [3.05, 3.63) is 40.5 Å². The summed E-state index contributed by atoms with van der Waals surface area (Å²) in [5.41, 5.74) is 3.01. The van der Waals surface area contributed by atoms with E-state index < -0.39 is 0 Å². The van der Waals surface area contributed by atoms with E-state index in [1.165, 1.54) is 0 Å². The van der Waals surface area contributed by atoms with Gasteiger partial charge in [0.25, 0.3) is 0 Å². The molecule has 1 aromatic carbocycles. The monoisotopic (exact) mass is 349 g/mol. The number of aromatic nitrogens is 2. The zero-order valence-corrected chi connectivity index (χ0v) is 14.4. The van der Waals surface area contributed by atoms with Gasteiger partial charge >= 0.3 is 0 Å². The summed E-state index contributed by atoms with van der Waals surface area (Å²) in [7, 11) is 3.55. The van der Waals surface area contributed by atoms with E-state index in [1.807, 2.05) is 44.3 Å². The lowest BCUT2D eigenvalue weighted by molar-refractivity contribution is -0.132. The minimum Gasteiger partial charge on any atom is -0.347 e. The van der Waals surface area contributed by atoms with E-state index in [-0.39, 0.29) is 11.9 Å². The van der Waals surface area contributed by atoms with Gasteiger partial charge in [0.1, 0.15) is 6.04 Å². The van der Waals surface area contributed by atoms with E-state index >= 15 is 0 Å². The molecule has 4 nitrogen and oxygen atoms in total. The number of aryl methyl sites for hydroxylation is 1. The Hall–Kier alpha value is -1.62. The highest BCUT2D eigenvalue weighted by Gasteiger charge is 2.22. The number of hydrogen-bond donors (Lipinski definition) is 0. The van der Waals surface area contributed by atoms with Crippen molar-refractivity contribution in [2.45, 2.75) is 26.3 Å². The summed E-state index contributed by atoms with van der Waals surface area (Å²) in [4.78, 5) is 13.9. The van der Waals surface area contributed by atoms with Gasteiger partial charge in [-0.3, -0.25) is 9.48 Å². The van der Waals surface area contributed by atoms with Crippen molar-refractivity contribution >= 4 is 21.8 Å². The fourth-order valence-electron chi connectivity index (χ4n) is 2.33. The number of carbonyl (C=O) groups is 1. The Morgan fingerprint density at radius 2 is 2.05 bits per heavy atom. The number of rotatable bonds is 4. The highest BCUT2D eigenvalue weighted by Crippen LogP contribution is 2.30. The summed E-state index contributed by atoms with van der Waals surface area (Å²) in [6.45, 7) is 4.02. The van der Waals surface area contributed by atoms with Crippen molar-refractivity contribution in [2.75, 3.05) is 14.1 Å². The zero-order chi connectivity index (χ0) is 15.6. The van der Waals surface area contributed by atoms with Crippen LogP contribution in [0.1, 0.15) is 24.9 Å². The van der Waals surface area contributed by atoms with Gasteiger partial charge in [-0.2, -0.15) is 5.10 Å². The lowest BCUT2D eigenvalue weighted by Crippen LogP contribution is -2.31. The number of likely N-dealkylation sites (N-methyl/N-ethyl adjacent to an activating group) is 1. The second-order valence-electron chi connectivity index (χ2n) is 5.28. The Kier molecular flexibility index (Phi) is 4.83. The summed E-state index contributed by atoms with van der Waals surface area (Å²) in [5.74, 6) is 0.0682. The molecule has 5 heteroatoms. The van der Waals surface area contributed by atoms with Crippen LogP contribution in [-0.2, 0) is 4.79 Å². The maximum Gasteiger partial charge on any atom is 0.246 e. The lowest BCUT2D eigenvalue weighted by atomic mass is 10.1. The molecule has 21 heavy (non-hydrogen) atoms. The SMILES string of the molecule is CCC(C(=O)N(C)C)n1cc(C)c(-c2ccccc2Br)n1. The van der Waals surface area contributed by atoms with Crippen LogP contribution in [0.15, 0.2) is 34.9 Å². The molecule has 1 unspecified atom stereocenters. The fraction of sp³-hybridized carbons (Fsp3) is 0.375. The first-order valence-corrected chi connectivity index (χ1v) is 7.76. The summed E-state index contributed by atoms with van der Waals surface area (Å²) >= 11 is 3.56. The van der Waals surface area contributed by atoms with E-state index in [0.29, 0.717) is 6.42 Å². The summed E-state index contributed by atoms with van der Waals surface area (Å²) in [6, 6.07) is 7.73. The molecule has 2 rings (SSSR count). The smallest absolute Gasteiger partial charge is 0.246 e. The standard InChI is InChI=1S/C16H20BrN3O/c1-5-14(16(21)19(3)4)20-10-11(2)15(18-20)12-8-6-7-9-13(12)17/h6-10,14H,5H2,1-4H3. The molecule has 0 saturated heterocycles. The Morgan fingerprint density at radius 3 is 2.62 bits per heavy atom. The van der Waals surface area contributed by atoms with Gasteiger partial charge in [0, 0.05) is 30.3 Å². The van der Waals surface area contributed by atoms with Crippen molar-refractivity contribution in [2.24, 2.45) is 0 Å². The molecule has 0 aliphatic heterocycles. The van der Waals surface area contributed by atoms with Gasteiger partial charge in [-0.05, 0) is 25.0 Å². The number of halogens is 1. The first kappa shape index (κ1) is 15.8. The topological polar surface area (TPSA) is 38.1 Å². The molecular weight excluding hydrogens is 330 g/mol. The van der Waals surface area contributed by atoms with Crippen molar-refractivity contribution in [3.8, 4) is 11.3 Å². The third kappa shape index (κ3) is 3.18. The Labute approximate surface area is 133 Å². The Morgan fingerprint density at radius 1 is 1.38 bits per heavy atom. The van der Waals surface area contributed by atoms with Gasteiger partial charge in [-0.25, -0.2) is 0 Å². The van der Waals surface area contributed by atoms with Crippen LogP contribution in [0.3, 0.4) is 0 Å². The molecule has 2 aromatic rings. The normalized spacial score (nSPS) is 12.2. The van der Waals surface area contributed by atoms with E-state index in [4.69, 9.17) is 0 Å². The van der Waals surface area contributed by atoms with Crippen LogP contribution >= 0.6 is 15.9 Å². The first-order chi connectivity index (χ1) is 9.95. The average molecular weight is 350 g/mol. The molecular formula is C16H20BrN3O. The van der Waals surface area contributed by atoms with Crippen LogP contribution in [-0.4, -0.2) is 34.7 Å². The second-order valence-corrected chi connectivity index (χ2v) is 6.13. The van der Waals surface area contributed by atoms with E-state index in [0.717, 1.165) is 21.3 Å². The number of amides is 1. The predicted molar refractivity (Wildman–Crippen MR) is 88.1 cm³/mol. The minimum atomic E-state index is -0.255. The van der Waals surface area contributed by atoms with Crippen LogP contribution in [0.4, 0.5) is 0 Å². The largest absolute Gasteiger partial charge is 0.347 e. The summed E-state index contributed by atoms with van der Waals surface area (Å²) in [5, 5.41) is 4.65. The minimum absolute atomic E-state index is 0.0682. The van der Waals surface area contributed by atoms with E-state index in [1.54, 1.807) is 23.7 Å². The van der Waals surface area contributed by atoms with Crippen molar-refractivity contribution in [1.29, 1.82) is 0 Å². The molecule has 1 atom stereocenters. The fourth-order valence-corrected chi connectivity index (χ4v) is 2.81. The number of benzene rings is 1. The third-order valence-electron chi connectivity index (χ3n) is 3.48. The van der Waals surface area contributed by atoms with Crippen LogP contribution in [0.25, 0.3) is 11.3 Å². The second kappa shape index (κ2) is 6.43. The van der Waals surface area contributed by atoms with Crippen LogP contribution < -0.4 is 0 Å². The molecule has 0 aliphatic rings. The highest BCUT2D eigenvalue weighted by molar-refractivity contribution is 9.10. The molecule has 0 N–H and O–H groups in total. The van der Waals surface area contributed by atoms with Crippen LogP contribution in [0.5, 0.6) is 0 Å². The van der Waals surface area contributed by atoms with Crippen LogP contribution in [0.2, 0.25) is 0 Å². The van der Waals surface area contributed by atoms with E-state index in [9.17, 15) is 4.79 Å². The van der Waals surface area contributed by atoms with Crippen LogP contribution in [0, 0.1) is 6.92 Å². The maximum atomic E-state index is 12.3. The van der Waals surface area contributed by atoms with Gasteiger partial charge in [-0.15, -0.1) is 0 Å². The molecule has 0 saturated carbocycles. The molecule has 112 valence electrons. The molecule has 1 aromatic heterocycles. The van der Waals surface area contributed by atoms with Gasteiger partial charge in [0.05, 0.1) is 5.69 Å². The predicted octanol–water partition coefficient (Wildman–Crippen LogP) is 3.66. The van der Waals surface area contributed by atoms with Crippen molar-refractivity contribution in [3.63, 3.8) is 0 Å². The molecule has 0 aliphatic carbocycles. The average Bonchev–Trinajstić information content (AvgIpc) is 2.81. The molecule has 1 amide bonds. The zero-order valence-electron chi connectivity index (χ0n) is 12.8. The lowest BCUT2D eigenvalue weighted by Gasteiger charge is -2.19. The summed E-state index contributed by atoms with van der Waals surface area (Å²) in [6.07, 6.45) is 2.66. The van der Waals surface area contributed by atoms with Crippen molar-refractivity contribution < 1.29 is 4.79 Å². The Bertz CT molecular complexity index is 649. The van der Waals surface area contributed by atoms with Gasteiger partial charge in [0.15, 0.2) is 0 Å². The van der Waals surface area contributed by atoms with Gasteiger partial charge in [-0.1, -0.05) is 41.1 Å². The van der Waals surface area contributed by atoms with Gasteiger partial charge < -0.3 is 4.90 Å². The first-order valence-electron chi connectivity index (χ1n) is 6.97. The van der Waals surface area contributed by atoms with Crippen molar-refractivity contribution in [1.82, 2.24) is 14.7 Å². The molecule has 0 bridgehead atoms. The number of carbonyl (C=O) groups excluding carboxylic acids is 1. The quantitative estimate of drug-likeness (QED) is 0.844. The molecule has 1 heterocycles. The maximum absolute atomic E-state index is 12.3. The number of hydrogen-bond acceptors (Lipinski definition) is 2. The molecule has 0 spiro atoms. The van der Waals surface area contributed by atoms with Gasteiger partial charge in [0.2, 0.25) is 5.91 Å². The highest BCUT2D eigenvalue weighted by atomic mass is 79.9. The molecule has 0 fully saturated rings. The molecule has 0 radical (unpaired) electrons. The number of nitrogens with zero attached hydrogens (tertiary/aromatic N) is 3. The third-order valence-corrected chi connectivity index (χ3v) is 4.17. The Balaban J connectivity index is 2.44.